The Morgan fingerprint density at radius 2 is 1.93 bits per heavy atom. The largest absolute Gasteiger partial charge is 0.496 e. The van der Waals surface area contributed by atoms with E-state index in [1.165, 1.54) is 12.7 Å². The molecule has 41 heavy (non-hydrogen) atoms. The van der Waals surface area contributed by atoms with Crippen molar-refractivity contribution < 1.29 is 33.3 Å². The van der Waals surface area contributed by atoms with E-state index in [1.54, 1.807) is 30.1 Å². The smallest absolute Gasteiger partial charge is 0.324 e. The van der Waals surface area contributed by atoms with Crippen LogP contribution in [0.4, 0.5) is 10.5 Å². The molecule has 0 spiro atoms. The van der Waals surface area contributed by atoms with Crippen LogP contribution < -0.4 is 24.4 Å². The van der Waals surface area contributed by atoms with Crippen molar-refractivity contribution in [1.29, 1.82) is 0 Å². The van der Waals surface area contributed by atoms with Crippen LogP contribution in [0.15, 0.2) is 53.5 Å². The summed E-state index contributed by atoms with van der Waals surface area (Å²) >= 11 is 0. The molecule has 1 fully saturated rings. The van der Waals surface area contributed by atoms with E-state index in [4.69, 9.17) is 18.6 Å². The van der Waals surface area contributed by atoms with Crippen LogP contribution in [0.5, 0.6) is 17.2 Å². The monoisotopic (exact) mass is 566 g/mol. The Bertz CT molecular complexity index is 1300. The number of aliphatic hydroxyl groups excluding tert-OH is 1. The molecule has 1 aromatic heterocycles. The van der Waals surface area contributed by atoms with E-state index in [-0.39, 0.29) is 43.2 Å². The van der Waals surface area contributed by atoms with E-state index in [0.717, 1.165) is 30.4 Å². The summed E-state index contributed by atoms with van der Waals surface area (Å²) in [6.07, 6.45) is 5.58. The number of hydrogen-bond acceptors (Lipinski definition) is 8. The molecule has 1 unspecified atom stereocenters. The predicted octanol–water partition coefficient (Wildman–Crippen LogP) is 4.24. The quantitative estimate of drug-likeness (QED) is 0.278. The number of rotatable bonds is 14. The molecular weight excluding hydrogens is 528 g/mol. The van der Waals surface area contributed by atoms with E-state index in [9.17, 15) is 14.7 Å². The number of nitrogens with one attached hydrogen (secondary N) is 1. The molecule has 220 valence electrons. The highest BCUT2D eigenvalue weighted by Crippen LogP contribution is 2.34. The van der Waals surface area contributed by atoms with Gasteiger partial charge in [0.2, 0.25) is 0 Å². The molecule has 1 aliphatic heterocycles. The van der Waals surface area contributed by atoms with Gasteiger partial charge < -0.3 is 34.0 Å². The zero-order valence-corrected chi connectivity index (χ0v) is 23.8. The number of carbonyl (C=O) groups is 2. The number of benzene rings is 2. The van der Waals surface area contributed by atoms with Gasteiger partial charge in [0.05, 0.1) is 27.4 Å². The second-order valence-corrected chi connectivity index (χ2v) is 9.92. The van der Waals surface area contributed by atoms with Crippen molar-refractivity contribution in [3.8, 4) is 17.2 Å². The Hall–Kier alpha value is -4.25. The third kappa shape index (κ3) is 7.49. The van der Waals surface area contributed by atoms with Gasteiger partial charge in [0.1, 0.15) is 12.0 Å². The predicted molar refractivity (Wildman–Crippen MR) is 152 cm³/mol. The molecule has 11 nitrogen and oxygen atoms in total. The topological polar surface area (TPSA) is 127 Å². The van der Waals surface area contributed by atoms with Crippen LogP contribution in [-0.4, -0.2) is 67.5 Å². The lowest BCUT2D eigenvalue weighted by Crippen LogP contribution is -2.54. The van der Waals surface area contributed by atoms with Gasteiger partial charge in [-0.2, -0.15) is 0 Å². The minimum Gasteiger partial charge on any atom is -0.496 e. The number of aromatic nitrogens is 1. The van der Waals surface area contributed by atoms with Gasteiger partial charge in [-0.1, -0.05) is 31.9 Å². The minimum absolute atomic E-state index is 0.0574. The molecule has 3 amide bonds. The summed E-state index contributed by atoms with van der Waals surface area (Å²) in [6.45, 7) is 3.99. The zero-order chi connectivity index (χ0) is 29.2. The summed E-state index contributed by atoms with van der Waals surface area (Å²) in [5.74, 6) is 1.30. The normalized spacial score (nSPS) is 15.1. The summed E-state index contributed by atoms with van der Waals surface area (Å²) < 4.78 is 22.0. The van der Waals surface area contributed by atoms with Gasteiger partial charge in [0.15, 0.2) is 23.6 Å². The third-order valence-electron chi connectivity index (χ3n) is 6.97. The number of hydrogen-bond donors (Lipinski definition) is 2. The first-order valence-electron chi connectivity index (χ1n) is 13.8. The van der Waals surface area contributed by atoms with Crippen LogP contribution in [-0.2, 0) is 13.1 Å². The van der Waals surface area contributed by atoms with E-state index in [2.05, 4.69) is 17.2 Å². The second-order valence-electron chi connectivity index (χ2n) is 9.92. The molecule has 1 aliphatic rings. The number of anilines is 1. The number of ether oxygens (including phenoxy) is 3. The molecule has 0 aliphatic carbocycles. The van der Waals surface area contributed by atoms with Gasteiger partial charge in [0.25, 0.3) is 5.91 Å². The van der Waals surface area contributed by atoms with Crippen molar-refractivity contribution in [3.63, 3.8) is 0 Å². The average molecular weight is 567 g/mol. The zero-order valence-electron chi connectivity index (χ0n) is 23.8. The summed E-state index contributed by atoms with van der Waals surface area (Å²) in [5.41, 5.74) is 2.51. The fourth-order valence-corrected chi connectivity index (χ4v) is 4.73. The molecule has 2 aromatic carbocycles. The highest BCUT2D eigenvalue weighted by molar-refractivity contribution is 5.93. The Morgan fingerprint density at radius 1 is 1.10 bits per heavy atom. The molecule has 0 radical (unpaired) electrons. The van der Waals surface area contributed by atoms with E-state index < -0.39 is 0 Å². The summed E-state index contributed by atoms with van der Waals surface area (Å²) in [6, 6.07) is 10.9. The number of urea groups is 1. The van der Waals surface area contributed by atoms with Gasteiger partial charge in [0, 0.05) is 49.5 Å². The van der Waals surface area contributed by atoms with Crippen LogP contribution in [0.25, 0.3) is 0 Å². The molecule has 11 heteroatoms. The summed E-state index contributed by atoms with van der Waals surface area (Å²) in [4.78, 5) is 33.1. The first kappa shape index (κ1) is 29.7. The molecule has 0 saturated carbocycles. The first-order valence-corrected chi connectivity index (χ1v) is 13.8. The lowest BCUT2D eigenvalue weighted by atomic mass is 10.0. The number of carbonyl (C=O) groups excluding carboxylic acids is 2. The average Bonchev–Trinajstić information content (AvgIpc) is 3.55. The van der Waals surface area contributed by atoms with Gasteiger partial charge >= 0.3 is 6.03 Å². The fourth-order valence-electron chi connectivity index (χ4n) is 4.73. The van der Waals surface area contributed by atoms with Gasteiger partial charge in [-0.3, -0.25) is 9.69 Å². The van der Waals surface area contributed by atoms with Crippen molar-refractivity contribution >= 4 is 17.6 Å². The molecule has 2 heterocycles. The van der Waals surface area contributed by atoms with Gasteiger partial charge in [-0.15, -0.1) is 0 Å². The van der Waals surface area contributed by atoms with Crippen molar-refractivity contribution in [3.05, 3.63) is 65.9 Å². The lowest BCUT2D eigenvalue weighted by Gasteiger charge is -2.40. The van der Waals surface area contributed by atoms with Crippen LogP contribution in [0.2, 0.25) is 0 Å². The molecular formula is C30H38N4O7. The Morgan fingerprint density at radius 3 is 2.63 bits per heavy atom. The first-order chi connectivity index (χ1) is 20.0. The van der Waals surface area contributed by atoms with E-state index in [1.807, 2.05) is 30.3 Å². The van der Waals surface area contributed by atoms with Crippen molar-refractivity contribution in [2.75, 3.05) is 45.4 Å². The maximum Gasteiger partial charge on any atom is 0.324 e. The molecule has 1 atom stereocenters. The highest BCUT2D eigenvalue weighted by Gasteiger charge is 2.33. The number of nitrogens with zero attached hydrogens (tertiary/aromatic N) is 3. The summed E-state index contributed by atoms with van der Waals surface area (Å²) in [5, 5.41) is 12.9. The number of aliphatic hydroxyl groups is 1. The second kappa shape index (κ2) is 14.4. The Labute approximate surface area is 240 Å². The van der Waals surface area contributed by atoms with Gasteiger partial charge in [-0.25, -0.2) is 9.78 Å². The minimum atomic E-state index is -0.344. The standard InChI is InChI=1S/C30H38N4O7/c1-4-5-6-11-41-28-13-24(9-10-26(28)38-2)34-16-22(18-35)15-33(30(34)37)17-23-8-7-21(12-27(23)39-3)14-31-29(36)25-19-40-20-32-25/h7-10,12-13,19-20,22,35H,4-6,11,14-18H2,1-3H3,(H,31,36). The van der Waals surface area contributed by atoms with Crippen LogP contribution in [0.1, 0.15) is 47.8 Å². The maximum absolute atomic E-state index is 13.7. The Kier molecular flexibility index (Phi) is 10.4. The highest BCUT2D eigenvalue weighted by atomic mass is 16.5. The van der Waals surface area contributed by atoms with Crippen molar-refractivity contribution in [1.82, 2.24) is 15.2 Å². The van der Waals surface area contributed by atoms with Crippen molar-refractivity contribution in [2.24, 2.45) is 5.92 Å². The molecule has 2 N–H and O–H groups in total. The fraction of sp³-hybridized carbons (Fsp3) is 0.433. The molecule has 1 saturated heterocycles. The molecule has 0 bridgehead atoms. The summed E-state index contributed by atoms with van der Waals surface area (Å²) in [7, 11) is 3.16. The molecule has 3 aromatic rings. The maximum atomic E-state index is 13.7. The van der Waals surface area contributed by atoms with E-state index in [0.29, 0.717) is 42.6 Å². The molecule has 4 rings (SSSR count). The third-order valence-corrected chi connectivity index (χ3v) is 6.97. The van der Waals surface area contributed by atoms with Crippen LogP contribution in [0, 0.1) is 5.92 Å². The van der Waals surface area contributed by atoms with E-state index >= 15 is 0 Å². The Balaban J connectivity index is 1.48. The number of unbranched alkanes of at least 4 members (excludes halogenated alkanes) is 2. The van der Waals surface area contributed by atoms with Crippen LogP contribution in [0.3, 0.4) is 0 Å². The number of oxazole rings is 1. The lowest BCUT2D eigenvalue weighted by molar-refractivity contribution is 0.0945. The van der Waals surface area contributed by atoms with Crippen LogP contribution >= 0.6 is 0 Å². The SMILES string of the molecule is CCCCCOc1cc(N2CC(CO)CN(Cc3ccc(CNC(=O)c4cocn4)cc3OC)C2=O)ccc1OC. The van der Waals surface area contributed by atoms with Gasteiger partial charge in [-0.05, 0) is 30.2 Å². The van der Waals surface area contributed by atoms with Crippen molar-refractivity contribution in [2.45, 2.75) is 39.3 Å². The number of methoxy groups -OCH3 is 2. The number of amides is 3.